The molecule has 0 fully saturated rings. The molecule has 10 heavy (non-hydrogen) atoms. The number of hydrogen-bond acceptors (Lipinski definition) is 5. The van der Waals surface area contributed by atoms with Crippen molar-refractivity contribution in [3.05, 3.63) is 0 Å². The van der Waals surface area contributed by atoms with E-state index in [0.29, 0.717) is 0 Å². The minimum atomic E-state index is -4.71. The average Bonchev–Trinajstić information content (AvgIpc) is 1.69. The van der Waals surface area contributed by atoms with Crippen LogP contribution < -0.4 is 34.8 Å². The topological polar surface area (TPSA) is 135 Å². The first-order valence-electron chi connectivity index (χ1n) is 1.21. The summed E-state index contributed by atoms with van der Waals surface area (Å²) in [4.78, 5) is 0. The van der Waals surface area contributed by atoms with E-state index in [9.17, 15) is 12.6 Å². The van der Waals surface area contributed by atoms with Crippen LogP contribution >= 0.6 is 0 Å². The Morgan fingerprint density at radius 3 is 1.40 bits per heavy atom. The maximum atomic E-state index is 9.34. The average molecular weight is 202 g/mol. The summed E-state index contributed by atoms with van der Waals surface area (Å²) in [5.41, 5.74) is 0. The molecule has 1 unspecified atom stereocenters. The fraction of sp³-hybridized carbons (Fsp3) is 0. The Bertz CT molecular complexity index is 166. The smallest absolute Gasteiger partial charge is 0.727 e. The zero-order valence-electron chi connectivity index (χ0n) is 4.79. The second kappa shape index (κ2) is 8.04. The summed E-state index contributed by atoms with van der Waals surface area (Å²) >= 11 is 0. The fourth-order valence-electron chi connectivity index (χ4n) is 0. The molecule has 7 nitrogen and oxygen atoms in total. The van der Waals surface area contributed by atoms with E-state index in [0.717, 1.165) is 0 Å². The maximum absolute atomic E-state index is 9.34. The molecule has 10 heteroatoms. The minimum absolute atomic E-state index is 0. The second-order valence-electron chi connectivity index (χ2n) is 0.645. The van der Waals surface area contributed by atoms with Gasteiger partial charge in [0.25, 0.3) is 0 Å². The summed E-state index contributed by atoms with van der Waals surface area (Å²) in [6.45, 7) is 0. The van der Waals surface area contributed by atoms with E-state index in [2.05, 4.69) is 0 Å². The zero-order chi connectivity index (χ0) is 8.08. The second-order valence-corrected chi connectivity index (χ2v) is 4.05. The number of rotatable bonds is 1. The van der Waals surface area contributed by atoms with Crippen LogP contribution in [0.3, 0.4) is 0 Å². The normalized spacial score (nSPS) is 12.0. The van der Waals surface area contributed by atoms with Crippen LogP contribution in [0.5, 0.6) is 0 Å². The van der Waals surface area contributed by atoms with Gasteiger partial charge in [-0.05, 0) is 0 Å². The van der Waals surface area contributed by atoms with Crippen LogP contribution in [-0.4, -0.2) is 27.0 Å². The van der Waals surface area contributed by atoms with Crippen LogP contribution in [0.1, 0.15) is 0 Å². The fourth-order valence-corrected chi connectivity index (χ4v) is 0. The van der Waals surface area contributed by atoms with Crippen LogP contribution in [0.4, 0.5) is 0 Å². The van der Waals surface area contributed by atoms with E-state index < -0.39 is 19.3 Å². The predicted molar refractivity (Wildman–Crippen MR) is 24.9 cm³/mol. The van der Waals surface area contributed by atoms with E-state index in [-0.39, 0.29) is 29.6 Å². The van der Waals surface area contributed by atoms with Gasteiger partial charge in [-0.2, -0.15) is 8.42 Å². The third-order valence-corrected chi connectivity index (χ3v) is 1.62. The monoisotopic (exact) mass is 202 g/mol. The first-order chi connectivity index (χ1) is 3.94. The zero-order valence-corrected chi connectivity index (χ0v) is 8.42. The molecule has 1 atom stereocenters. The molecule has 0 bridgehead atoms. The van der Waals surface area contributed by atoms with Crippen molar-refractivity contribution in [1.82, 2.24) is 0 Å². The summed E-state index contributed by atoms with van der Waals surface area (Å²) in [5, 5.41) is 13.0. The Morgan fingerprint density at radius 1 is 1.30 bits per heavy atom. The van der Waals surface area contributed by atoms with Crippen LogP contribution in [0.15, 0.2) is 0 Å². The summed E-state index contributed by atoms with van der Waals surface area (Å²) < 4.78 is 43.0. The van der Waals surface area contributed by atoms with Crippen molar-refractivity contribution in [2.24, 2.45) is 0 Å². The molecule has 0 aliphatic carbocycles. The van der Waals surface area contributed by atoms with Crippen molar-refractivity contribution in [1.29, 1.82) is 0 Å². The van der Waals surface area contributed by atoms with Gasteiger partial charge in [0.15, 0.2) is 0 Å². The maximum Gasteiger partial charge on any atom is 1.00 e. The Balaban J connectivity index is -0.000000149. The van der Waals surface area contributed by atoms with Gasteiger partial charge in [-0.15, -0.1) is 0 Å². The molecular formula is H3NaO7S2. The molecule has 0 aromatic rings. The molecule has 0 saturated heterocycles. The first-order valence-corrected chi connectivity index (χ1v) is 4.28. The Morgan fingerprint density at radius 2 is 1.40 bits per heavy atom. The van der Waals surface area contributed by atoms with E-state index in [1.54, 1.807) is 0 Å². The molecule has 0 saturated carbocycles. The van der Waals surface area contributed by atoms with E-state index in [1.807, 2.05) is 0 Å². The van der Waals surface area contributed by atoms with Crippen molar-refractivity contribution in [3.8, 4) is 0 Å². The largest absolute Gasteiger partial charge is 1.00 e. The van der Waals surface area contributed by atoms with Crippen molar-refractivity contribution < 1.29 is 61.8 Å². The Hall–Kier alpha value is 0.940. The molecule has 0 rings (SSSR count). The van der Waals surface area contributed by atoms with Crippen molar-refractivity contribution in [2.45, 2.75) is 0 Å². The molecule has 58 valence electrons. The van der Waals surface area contributed by atoms with Crippen LogP contribution in [-0.2, 0) is 19.3 Å². The molecule has 0 radical (unpaired) electrons. The van der Waals surface area contributed by atoms with Gasteiger partial charge in [0, 0.05) is 0 Å². The molecular weight excluding hydrogens is 199 g/mol. The molecule has 0 spiro atoms. The molecule has 3 N–H and O–H groups in total. The Labute approximate surface area is 80.7 Å². The van der Waals surface area contributed by atoms with Gasteiger partial charge in [-0.3, -0.25) is 9.11 Å². The summed E-state index contributed by atoms with van der Waals surface area (Å²) in [7, 11) is -7.87. The minimum Gasteiger partial charge on any atom is -0.727 e. The van der Waals surface area contributed by atoms with Crippen LogP contribution in [0.2, 0.25) is 0 Å². The predicted octanol–water partition coefficient (Wildman–Crippen LogP) is -5.17. The first kappa shape index (κ1) is 17.1. The molecule has 0 aromatic heterocycles. The van der Waals surface area contributed by atoms with Crippen molar-refractivity contribution in [3.63, 3.8) is 0 Å². The standard InChI is InChI=1S/Na.H2O5S2.H2O2/c;1-6(2)7(3,4)5;1-2/h;(H,1,2)(H,3,4,5);1-2H/q+1;;/p-1. The van der Waals surface area contributed by atoms with Gasteiger partial charge in [-0.25, -0.2) is 4.21 Å². The van der Waals surface area contributed by atoms with Gasteiger partial charge >= 0.3 is 48.8 Å². The van der Waals surface area contributed by atoms with E-state index in [4.69, 9.17) is 19.6 Å². The summed E-state index contributed by atoms with van der Waals surface area (Å²) in [6, 6.07) is 0. The van der Waals surface area contributed by atoms with Crippen LogP contribution in [0.25, 0.3) is 0 Å². The molecule has 0 heterocycles. The SMILES string of the molecule is O=S(O)S(=O)(=O)O.[Na+].[O-]O. The van der Waals surface area contributed by atoms with Gasteiger partial charge in [0.05, 0.1) is 0 Å². The third-order valence-electron chi connectivity index (χ3n) is 0.180. The number of hydrogen-bond donors (Lipinski definition) is 3. The van der Waals surface area contributed by atoms with Crippen molar-refractivity contribution in [2.75, 3.05) is 0 Å². The van der Waals surface area contributed by atoms with Crippen LogP contribution in [0, 0.1) is 0 Å². The van der Waals surface area contributed by atoms with E-state index in [1.165, 1.54) is 0 Å². The van der Waals surface area contributed by atoms with Gasteiger partial charge < -0.3 is 10.5 Å². The third kappa shape index (κ3) is 11.7. The van der Waals surface area contributed by atoms with Gasteiger partial charge in [-0.1, -0.05) is 0 Å². The Kier molecular flexibility index (Phi) is 13.8. The van der Waals surface area contributed by atoms with Gasteiger partial charge in [0.2, 0.25) is 0 Å². The molecule has 0 aliphatic heterocycles. The summed E-state index contributed by atoms with van der Waals surface area (Å²) in [5.74, 6) is 0. The molecule has 0 aliphatic rings. The molecule has 0 amide bonds. The van der Waals surface area contributed by atoms with E-state index >= 15 is 0 Å². The quantitative estimate of drug-likeness (QED) is 0.0965. The summed E-state index contributed by atoms with van der Waals surface area (Å²) in [6.07, 6.45) is 0. The molecule has 0 aromatic carbocycles. The van der Waals surface area contributed by atoms with Crippen molar-refractivity contribution >= 4 is 19.3 Å². The van der Waals surface area contributed by atoms with Gasteiger partial charge in [0.1, 0.15) is 0 Å².